The van der Waals surface area contributed by atoms with Crippen molar-refractivity contribution in [2.75, 3.05) is 33.4 Å². The number of aliphatic hydroxyl groups excluding tert-OH is 1. The maximum absolute atomic E-state index is 14.1. The second-order valence-electron chi connectivity index (χ2n) is 11.1. The van der Waals surface area contributed by atoms with Crippen LogP contribution in [-0.4, -0.2) is 72.0 Å². The molecule has 4 heterocycles. The molecule has 0 aliphatic carbocycles. The Hall–Kier alpha value is -3.73. The monoisotopic (exact) mass is 574 g/mol. The summed E-state index contributed by atoms with van der Waals surface area (Å²) in [4.78, 5) is 22.8. The van der Waals surface area contributed by atoms with Crippen LogP contribution in [0, 0.1) is 6.92 Å². The molecule has 0 unspecified atom stereocenters. The Balaban J connectivity index is 1.40. The van der Waals surface area contributed by atoms with Gasteiger partial charge in [0.25, 0.3) is 0 Å². The molecule has 2 N–H and O–H groups in total. The molecule has 2 aliphatic rings. The summed E-state index contributed by atoms with van der Waals surface area (Å²) in [6.07, 6.45) is 4.86. The highest BCUT2D eigenvalue weighted by atomic mass is 32.2. The van der Waals surface area contributed by atoms with Gasteiger partial charge in [-0.15, -0.1) is 0 Å². The first kappa shape index (κ1) is 27.4. The number of likely N-dealkylation sites (tertiary alicyclic amines) is 1. The van der Waals surface area contributed by atoms with Crippen molar-refractivity contribution < 1.29 is 23.1 Å². The van der Waals surface area contributed by atoms with Gasteiger partial charge in [-0.25, -0.2) is 8.42 Å². The number of aromatic amines is 1. The molecule has 4 aromatic rings. The second-order valence-corrected chi connectivity index (χ2v) is 13.0. The molecule has 1 saturated heterocycles. The number of pyridine rings is 1. The van der Waals surface area contributed by atoms with E-state index >= 15 is 0 Å². The zero-order chi connectivity index (χ0) is 28.8. The molecular weight excluding hydrogens is 540 g/mol. The number of carbonyl (C=O) groups is 1. The largest absolute Gasteiger partial charge is 0.497 e. The van der Waals surface area contributed by atoms with Crippen LogP contribution in [0.25, 0.3) is 10.9 Å². The van der Waals surface area contributed by atoms with Crippen molar-refractivity contribution in [3.05, 3.63) is 89.4 Å². The van der Waals surface area contributed by atoms with Gasteiger partial charge in [0.2, 0.25) is 15.9 Å². The number of ether oxygens (including phenoxy) is 1. The van der Waals surface area contributed by atoms with Crippen molar-refractivity contribution >= 4 is 26.8 Å². The molecular formula is C31H34N4O5S. The Labute approximate surface area is 239 Å². The van der Waals surface area contributed by atoms with Crippen molar-refractivity contribution in [2.24, 2.45) is 0 Å². The molecule has 0 bridgehead atoms. The zero-order valence-corrected chi connectivity index (χ0v) is 24.0. The molecule has 2 aromatic heterocycles. The van der Waals surface area contributed by atoms with E-state index in [1.165, 1.54) is 4.31 Å². The molecule has 2 aliphatic heterocycles. The number of aryl methyl sites for hydroxylation is 1. The van der Waals surface area contributed by atoms with Gasteiger partial charge in [-0.2, -0.15) is 4.31 Å². The molecule has 9 nitrogen and oxygen atoms in total. The number of aromatic nitrogens is 2. The van der Waals surface area contributed by atoms with Gasteiger partial charge in [-0.05, 0) is 61.2 Å². The summed E-state index contributed by atoms with van der Waals surface area (Å²) in [7, 11) is -2.33. The Bertz CT molecular complexity index is 1680. The fourth-order valence-electron chi connectivity index (χ4n) is 6.44. The number of nitrogens with zero attached hydrogens (tertiary/aromatic N) is 3. The van der Waals surface area contributed by atoms with Gasteiger partial charge >= 0.3 is 0 Å². The summed E-state index contributed by atoms with van der Waals surface area (Å²) < 4.78 is 35.1. The van der Waals surface area contributed by atoms with Crippen LogP contribution in [0.1, 0.15) is 41.3 Å². The van der Waals surface area contributed by atoms with Crippen molar-refractivity contribution in [1.29, 1.82) is 0 Å². The van der Waals surface area contributed by atoms with E-state index in [2.05, 4.69) is 9.97 Å². The third-order valence-corrected chi connectivity index (χ3v) is 10.5. The van der Waals surface area contributed by atoms with Crippen LogP contribution in [0.4, 0.5) is 0 Å². The van der Waals surface area contributed by atoms with Crippen LogP contribution in [0.2, 0.25) is 0 Å². The zero-order valence-electron chi connectivity index (χ0n) is 23.2. The number of hydrogen-bond acceptors (Lipinski definition) is 6. The normalized spacial score (nSPS) is 18.9. The van der Waals surface area contributed by atoms with Gasteiger partial charge in [-0.1, -0.05) is 23.8 Å². The number of rotatable bonds is 6. The second kappa shape index (κ2) is 10.6. The molecule has 6 rings (SSSR count). The van der Waals surface area contributed by atoms with E-state index in [9.17, 15) is 18.3 Å². The van der Waals surface area contributed by atoms with Crippen LogP contribution in [0.15, 0.2) is 71.9 Å². The summed E-state index contributed by atoms with van der Waals surface area (Å²) in [6.45, 7) is 2.77. The molecule has 0 radical (unpaired) electrons. The van der Waals surface area contributed by atoms with Crippen molar-refractivity contribution in [3.63, 3.8) is 0 Å². The highest BCUT2D eigenvalue weighted by molar-refractivity contribution is 7.89. The van der Waals surface area contributed by atoms with E-state index in [0.29, 0.717) is 37.4 Å². The Morgan fingerprint density at radius 1 is 1.15 bits per heavy atom. The molecule has 0 saturated carbocycles. The molecule has 1 fully saturated rings. The molecule has 41 heavy (non-hydrogen) atoms. The number of carbonyl (C=O) groups excluding carboxylic acids is 1. The fourth-order valence-corrected chi connectivity index (χ4v) is 8.11. The summed E-state index contributed by atoms with van der Waals surface area (Å²) >= 11 is 0. The van der Waals surface area contributed by atoms with E-state index in [0.717, 1.165) is 27.6 Å². The number of hydrogen-bond donors (Lipinski definition) is 2. The lowest BCUT2D eigenvalue weighted by Gasteiger charge is -2.49. The van der Waals surface area contributed by atoms with Gasteiger partial charge in [0.1, 0.15) is 5.75 Å². The average molecular weight is 575 g/mol. The number of fused-ring (bicyclic) bond motifs is 4. The minimum Gasteiger partial charge on any atom is -0.497 e. The molecule has 1 atom stereocenters. The van der Waals surface area contributed by atoms with Crippen molar-refractivity contribution in [1.82, 2.24) is 19.2 Å². The number of H-pyrrole nitrogens is 1. The summed E-state index contributed by atoms with van der Waals surface area (Å²) in [6, 6.07) is 15.6. The fraction of sp³-hybridized carbons (Fsp3) is 0.355. The van der Waals surface area contributed by atoms with E-state index in [1.54, 1.807) is 43.8 Å². The summed E-state index contributed by atoms with van der Waals surface area (Å²) in [5.74, 6) is 0.718. The first-order chi connectivity index (χ1) is 19.8. The van der Waals surface area contributed by atoms with Crippen LogP contribution in [-0.2, 0) is 26.7 Å². The molecule has 2 aromatic carbocycles. The maximum Gasteiger partial charge on any atom is 0.243 e. The van der Waals surface area contributed by atoms with Crippen molar-refractivity contribution in [2.45, 2.75) is 42.5 Å². The molecule has 214 valence electrons. The van der Waals surface area contributed by atoms with Crippen LogP contribution in [0.5, 0.6) is 5.75 Å². The third kappa shape index (κ3) is 4.79. The maximum atomic E-state index is 14.1. The van der Waals surface area contributed by atoms with Crippen LogP contribution < -0.4 is 4.74 Å². The number of sulfonamides is 1. The standard InChI is InChI=1S/C31H34N4O5S/c1-21-5-8-24(9-6-21)41(38,39)35-20-31(11-14-34(15-12-31)28(37)16-22-4-3-13-32-18-22)29-25-10-7-23(40-2)17-26(25)33-30(29)27(35)19-36/h3-10,13,17-18,27,33,36H,11-12,14-16,19-20H2,1-2H3/t27-/m0/s1. The number of methoxy groups -OCH3 is 1. The number of amides is 1. The summed E-state index contributed by atoms with van der Waals surface area (Å²) in [5.41, 5.74) is 3.85. The van der Waals surface area contributed by atoms with Gasteiger partial charge < -0.3 is 19.7 Å². The van der Waals surface area contributed by atoms with E-state index in [-0.39, 0.29) is 30.4 Å². The third-order valence-electron chi connectivity index (χ3n) is 8.66. The van der Waals surface area contributed by atoms with Crippen LogP contribution >= 0.6 is 0 Å². The lowest BCUT2D eigenvalue weighted by atomic mass is 9.69. The van der Waals surface area contributed by atoms with Gasteiger partial charge in [0, 0.05) is 60.1 Å². The topological polar surface area (TPSA) is 116 Å². The number of piperidine rings is 1. The predicted octanol–water partition coefficient (Wildman–Crippen LogP) is 3.72. The lowest BCUT2D eigenvalue weighted by Crippen LogP contribution is -2.55. The van der Waals surface area contributed by atoms with Gasteiger partial charge in [0.05, 0.1) is 31.1 Å². The number of nitrogens with one attached hydrogen (secondary N) is 1. The Morgan fingerprint density at radius 2 is 1.90 bits per heavy atom. The lowest BCUT2D eigenvalue weighted by molar-refractivity contribution is -0.132. The SMILES string of the molecule is COc1ccc2c3c([nH]c2c1)[C@H](CO)N(S(=O)(=O)c1ccc(C)cc1)CC31CCN(C(=O)Cc2cccnc2)CC1. The molecule has 10 heteroatoms. The number of aliphatic hydroxyl groups is 1. The van der Waals surface area contributed by atoms with Gasteiger partial charge in [-0.3, -0.25) is 9.78 Å². The number of benzene rings is 2. The minimum absolute atomic E-state index is 0.0323. The minimum atomic E-state index is -3.94. The van der Waals surface area contributed by atoms with Gasteiger partial charge in [0.15, 0.2) is 0 Å². The van der Waals surface area contributed by atoms with E-state index < -0.39 is 21.5 Å². The van der Waals surface area contributed by atoms with E-state index in [4.69, 9.17) is 4.74 Å². The first-order valence-corrected chi connectivity index (χ1v) is 15.3. The van der Waals surface area contributed by atoms with E-state index in [1.807, 2.05) is 42.2 Å². The highest BCUT2D eigenvalue weighted by Crippen LogP contribution is 2.50. The summed E-state index contributed by atoms with van der Waals surface area (Å²) in [5, 5.41) is 11.6. The average Bonchev–Trinajstić information content (AvgIpc) is 3.38. The molecule has 1 spiro atoms. The van der Waals surface area contributed by atoms with Crippen LogP contribution in [0.3, 0.4) is 0 Å². The highest BCUT2D eigenvalue weighted by Gasteiger charge is 2.51. The Morgan fingerprint density at radius 3 is 2.56 bits per heavy atom. The first-order valence-electron chi connectivity index (χ1n) is 13.8. The smallest absolute Gasteiger partial charge is 0.243 e. The quantitative estimate of drug-likeness (QED) is 0.363. The molecule has 1 amide bonds. The Kier molecular flexibility index (Phi) is 7.09. The van der Waals surface area contributed by atoms with Crippen molar-refractivity contribution in [3.8, 4) is 5.75 Å². The predicted molar refractivity (Wildman–Crippen MR) is 155 cm³/mol.